The van der Waals surface area contributed by atoms with Crippen LogP contribution in [0.3, 0.4) is 0 Å². The molecule has 0 aliphatic heterocycles. The Labute approximate surface area is 179 Å². The maximum atomic E-state index is 12.6. The number of hydrogen-bond acceptors (Lipinski definition) is 7. The molecule has 1 amide bonds. The topological polar surface area (TPSA) is 91.8 Å². The number of hydrogen-bond donors (Lipinski definition) is 3. The van der Waals surface area contributed by atoms with Crippen LogP contribution >= 0.6 is 22.9 Å². The molecule has 1 aromatic carbocycles. The number of carbonyl (C=O) groups is 1. The number of benzene rings is 1. The number of rotatable bonds is 7. The van der Waals surface area contributed by atoms with Crippen LogP contribution in [0.1, 0.15) is 41.3 Å². The Morgan fingerprint density at radius 3 is 2.72 bits per heavy atom. The van der Waals surface area contributed by atoms with Crippen LogP contribution in [0.4, 0.5) is 22.5 Å². The van der Waals surface area contributed by atoms with Crippen molar-refractivity contribution in [3.8, 4) is 0 Å². The van der Waals surface area contributed by atoms with Crippen LogP contribution in [-0.2, 0) is 0 Å². The van der Waals surface area contributed by atoms with Crippen LogP contribution in [0, 0.1) is 13.8 Å². The number of nitrogens with one attached hydrogen (secondary N) is 3. The molecule has 2 heterocycles. The first-order valence-corrected chi connectivity index (χ1v) is 10.5. The molecule has 1 unspecified atom stereocenters. The summed E-state index contributed by atoms with van der Waals surface area (Å²) in [5, 5.41) is 10.4. The van der Waals surface area contributed by atoms with Gasteiger partial charge in [0.05, 0.1) is 16.9 Å². The summed E-state index contributed by atoms with van der Waals surface area (Å²) in [6.07, 6.45) is 2.52. The third-order valence-corrected chi connectivity index (χ3v) is 5.50. The fourth-order valence-corrected chi connectivity index (χ4v) is 3.56. The van der Waals surface area contributed by atoms with Gasteiger partial charge in [-0.05, 0) is 38.8 Å². The quantitative estimate of drug-likeness (QED) is 0.464. The molecule has 3 rings (SSSR count). The van der Waals surface area contributed by atoms with E-state index in [4.69, 9.17) is 11.6 Å². The van der Waals surface area contributed by atoms with Crippen LogP contribution in [-0.4, -0.2) is 26.9 Å². The second-order valence-corrected chi connectivity index (χ2v) is 8.12. The Hall–Kier alpha value is -2.71. The van der Waals surface area contributed by atoms with Gasteiger partial charge in [-0.1, -0.05) is 42.0 Å². The number of nitrogens with zero attached hydrogens (tertiary/aromatic N) is 3. The van der Waals surface area contributed by atoms with Crippen LogP contribution in [0.2, 0.25) is 5.02 Å². The maximum Gasteiger partial charge on any atom is 0.267 e. The molecular weight excluding hydrogens is 408 g/mol. The van der Waals surface area contributed by atoms with Crippen molar-refractivity contribution in [1.82, 2.24) is 15.0 Å². The zero-order valence-corrected chi connectivity index (χ0v) is 18.3. The molecule has 2 aromatic heterocycles. The molecule has 29 heavy (non-hydrogen) atoms. The minimum atomic E-state index is -0.259. The minimum Gasteiger partial charge on any atom is -0.367 e. The van der Waals surface area contributed by atoms with E-state index in [1.54, 1.807) is 6.07 Å². The molecule has 0 bridgehead atoms. The van der Waals surface area contributed by atoms with Gasteiger partial charge in [-0.2, -0.15) is 0 Å². The van der Waals surface area contributed by atoms with E-state index in [2.05, 4.69) is 44.7 Å². The first-order chi connectivity index (χ1) is 13.9. The van der Waals surface area contributed by atoms with Gasteiger partial charge in [-0.3, -0.25) is 4.79 Å². The molecule has 0 aliphatic carbocycles. The van der Waals surface area contributed by atoms with Crippen LogP contribution in [0.25, 0.3) is 0 Å². The average molecular weight is 431 g/mol. The summed E-state index contributed by atoms with van der Waals surface area (Å²) >= 11 is 7.43. The van der Waals surface area contributed by atoms with Crippen molar-refractivity contribution in [3.63, 3.8) is 0 Å². The predicted octanol–water partition coefficient (Wildman–Crippen LogP) is 5.41. The molecule has 0 saturated heterocycles. The fourth-order valence-electron chi connectivity index (χ4n) is 2.57. The van der Waals surface area contributed by atoms with E-state index in [0.29, 0.717) is 38.4 Å². The minimum absolute atomic E-state index is 0.259. The van der Waals surface area contributed by atoms with Gasteiger partial charge in [0.2, 0.25) is 0 Å². The smallest absolute Gasteiger partial charge is 0.267 e. The van der Waals surface area contributed by atoms with Gasteiger partial charge in [-0.25, -0.2) is 15.0 Å². The lowest BCUT2D eigenvalue weighted by Gasteiger charge is -2.13. The van der Waals surface area contributed by atoms with Crippen molar-refractivity contribution in [2.24, 2.45) is 0 Å². The molecule has 0 spiro atoms. The number of aryl methyl sites for hydroxylation is 2. The van der Waals surface area contributed by atoms with E-state index in [0.717, 1.165) is 17.8 Å². The number of carbonyl (C=O) groups excluding carboxylic acids is 1. The standard InChI is InChI=1S/C20H23ClN6OS/c1-5-12(3)23-16-9-17(25-13(4)24-16)26-20-22-10-15(29-20)19(28)27-18-11(2)7-6-8-14(18)21/h6-10,12H,5H2,1-4H3,(H,27,28)(H2,22,23,24,25,26). The molecule has 9 heteroatoms. The van der Waals surface area contributed by atoms with E-state index < -0.39 is 0 Å². The first-order valence-electron chi connectivity index (χ1n) is 9.27. The fraction of sp³-hybridized carbons (Fsp3) is 0.300. The lowest BCUT2D eigenvalue weighted by molar-refractivity contribution is 0.103. The highest BCUT2D eigenvalue weighted by atomic mass is 35.5. The van der Waals surface area contributed by atoms with Gasteiger partial charge in [0.1, 0.15) is 22.3 Å². The van der Waals surface area contributed by atoms with Crippen molar-refractivity contribution in [1.29, 1.82) is 0 Å². The van der Waals surface area contributed by atoms with Gasteiger partial charge in [-0.15, -0.1) is 0 Å². The number of anilines is 4. The van der Waals surface area contributed by atoms with Crippen LogP contribution in [0.15, 0.2) is 30.5 Å². The Kier molecular flexibility index (Phi) is 6.66. The molecule has 0 fully saturated rings. The second-order valence-electron chi connectivity index (χ2n) is 6.68. The Morgan fingerprint density at radius 2 is 2.00 bits per heavy atom. The summed E-state index contributed by atoms with van der Waals surface area (Å²) < 4.78 is 0. The van der Waals surface area contributed by atoms with Crippen molar-refractivity contribution < 1.29 is 4.79 Å². The van der Waals surface area contributed by atoms with Crippen molar-refractivity contribution in [2.45, 2.75) is 40.2 Å². The number of amides is 1. The Morgan fingerprint density at radius 1 is 1.24 bits per heavy atom. The second kappa shape index (κ2) is 9.19. The molecule has 0 radical (unpaired) electrons. The van der Waals surface area contributed by atoms with Crippen molar-refractivity contribution >= 4 is 51.3 Å². The summed E-state index contributed by atoms with van der Waals surface area (Å²) in [5.74, 6) is 1.75. The number of aromatic nitrogens is 3. The molecule has 152 valence electrons. The third-order valence-electron chi connectivity index (χ3n) is 4.27. The highest BCUT2D eigenvalue weighted by Gasteiger charge is 2.14. The SMILES string of the molecule is CCC(C)Nc1cc(Nc2ncc(C(=O)Nc3c(C)cccc3Cl)s2)nc(C)n1. The Bertz CT molecular complexity index is 1000. The lowest BCUT2D eigenvalue weighted by Crippen LogP contribution is -2.15. The molecular formula is C20H23ClN6OS. The summed E-state index contributed by atoms with van der Waals surface area (Å²) in [7, 11) is 0. The highest BCUT2D eigenvalue weighted by Crippen LogP contribution is 2.28. The van der Waals surface area contributed by atoms with Crippen LogP contribution in [0.5, 0.6) is 0 Å². The Balaban J connectivity index is 1.73. The maximum absolute atomic E-state index is 12.6. The largest absolute Gasteiger partial charge is 0.367 e. The predicted molar refractivity (Wildman–Crippen MR) is 120 cm³/mol. The lowest BCUT2D eigenvalue weighted by atomic mass is 10.2. The zero-order valence-electron chi connectivity index (χ0n) is 16.7. The molecule has 0 saturated carbocycles. The molecule has 1 atom stereocenters. The average Bonchev–Trinajstić information content (AvgIpc) is 3.12. The normalized spacial score (nSPS) is 11.8. The molecule has 0 aliphatic rings. The molecule has 3 aromatic rings. The number of thiazole rings is 1. The number of halogens is 1. The van der Waals surface area contributed by atoms with Gasteiger partial charge in [0.15, 0.2) is 5.13 Å². The van der Waals surface area contributed by atoms with Crippen LogP contribution < -0.4 is 16.0 Å². The highest BCUT2D eigenvalue weighted by molar-refractivity contribution is 7.17. The summed E-state index contributed by atoms with van der Waals surface area (Å²) in [6, 6.07) is 7.61. The van der Waals surface area contributed by atoms with E-state index in [1.165, 1.54) is 17.5 Å². The van der Waals surface area contributed by atoms with Gasteiger partial charge < -0.3 is 16.0 Å². The van der Waals surface area contributed by atoms with Gasteiger partial charge in [0, 0.05) is 12.1 Å². The van der Waals surface area contributed by atoms with E-state index in [1.807, 2.05) is 32.0 Å². The van der Waals surface area contributed by atoms with Crippen molar-refractivity contribution in [3.05, 3.63) is 51.7 Å². The number of para-hydroxylation sites is 1. The molecule has 7 nitrogen and oxygen atoms in total. The summed E-state index contributed by atoms with van der Waals surface area (Å²) in [6.45, 7) is 7.93. The third kappa shape index (κ3) is 5.42. The summed E-state index contributed by atoms with van der Waals surface area (Å²) in [4.78, 5) is 26.1. The van der Waals surface area contributed by atoms with Gasteiger partial charge in [0.25, 0.3) is 5.91 Å². The van der Waals surface area contributed by atoms with Gasteiger partial charge >= 0.3 is 0 Å². The zero-order chi connectivity index (χ0) is 21.0. The van der Waals surface area contributed by atoms with E-state index in [9.17, 15) is 4.79 Å². The molecule has 3 N–H and O–H groups in total. The monoisotopic (exact) mass is 430 g/mol. The first kappa shape index (κ1) is 21.0. The summed E-state index contributed by atoms with van der Waals surface area (Å²) in [5.41, 5.74) is 1.50. The van der Waals surface area contributed by atoms with E-state index >= 15 is 0 Å². The van der Waals surface area contributed by atoms with E-state index in [-0.39, 0.29) is 5.91 Å². The van der Waals surface area contributed by atoms with Crippen molar-refractivity contribution in [2.75, 3.05) is 16.0 Å².